The minimum absolute atomic E-state index is 0.0917. The van der Waals surface area contributed by atoms with Crippen LogP contribution in [0.3, 0.4) is 0 Å². The number of rotatable bonds is 4. The lowest BCUT2D eigenvalue weighted by molar-refractivity contribution is 0.234. The van der Waals surface area contributed by atoms with Gasteiger partial charge >= 0.3 is 6.03 Å². The van der Waals surface area contributed by atoms with Crippen molar-refractivity contribution in [3.05, 3.63) is 47.5 Å². The van der Waals surface area contributed by atoms with E-state index in [0.29, 0.717) is 6.54 Å². The van der Waals surface area contributed by atoms with E-state index in [2.05, 4.69) is 39.0 Å². The number of aromatic nitrogens is 3. The molecular formula is C16H21N5O. The fourth-order valence-corrected chi connectivity index (χ4v) is 2.95. The molecule has 0 saturated carbocycles. The predicted molar refractivity (Wildman–Crippen MR) is 83.2 cm³/mol. The van der Waals surface area contributed by atoms with E-state index in [9.17, 15) is 4.79 Å². The van der Waals surface area contributed by atoms with Crippen LogP contribution in [-0.2, 0) is 19.5 Å². The first kappa shape index (κ1) is 14.6. The molecule has 1 aromatic heterocycles. The first-order chi connectivity index (χ1) is 10.8. The Morgan fingerprint density at radius 1 is 1.41 bits per heavy atom. The molecule has 1 heterocycles. The Morgan fingerprint density at radius 2 is 2.27 bits per heavy atom. The van der Waals surface area contributed by atoms with Crippen LogP contribution in [0, 0.1) is 0 Å². The standard InChI is InChI=1S/C16H21N5O/c1-2-21-11-18-20-15(21)10-17-16(22)19-14-9-5-7-12-6-3-4-8-13(12)14/h3-4,6,8,11,14H,2,5,7,9-10H2,1H3,(H2,17,19,22)/t14-/m1/s1. The minimum atomic E-state index is -0.160. The number of hydrogen-bond donors (Lipinski definition) is 2. The number of urea groups is 1. The van der Waals surface area contributed by atoms with Crippen molar-refractivity contribution in [3.63, 3.8) is 0 Å². The second-order valence-electron chi connectivity index (χ2n) is 5.50. The molecule has 1 atom stereocenters. The van der Waals surface area contributed by atoms with Crippen molar-refractivity contribution in [2.24, 2.45) is 0 Å². The number of carbonyl (C=O) groups excluding carboxylic acids is 1. The number of nitrogens with one attached hydrogen (secondary N) is 2. The van der Waals surface area contributed by atoms with Crippen LogP contribution in [0.4, 0.5) is 4.79 Å². The number of aryl methyl sites for hydroxylation is 2. The summed E-state index contributed by atoms with van der Waals surface area (Å²) in [7, 11) is 0. The molecule has 6 nitrogen and oxygen atoms in total. The van der Waals surface area contributed by atoms with E-state index in [4.69, 9.17) is 0 Å². The molecule has 1 aromatic carbocycles. The summed E-state index contributed by atoms with van der Waals surface area (Å²) in [4.78, 5) is 12.1. The van der Waals surface area contributed by atoms with Gasteiger partial charge in [0.2, 0.25) is 0 Å². The molecular weight excluding hydrogens is 278 g/mol. The molecule has 0 saturated heterocycles. The first-order valence-corrected chi connectivity index (χ1v) is 7.76. The molecule has 0 bridgehead atoms. The maximum atomic E-state index is 12.1. The van der Waals surface area contributed by atoms with Crippen molar-refractivity contribution in [3.8, 4) is 0 Å². The molecule has 2 amide bonds. The van der Waals surface area contributed by atoms with Crippen molar-refractivity contribution >= 4 is 6.03 Å². The molecule has 1 aliphatic carbocycles. The van der Waals surface area contributed by atoms with Gasteiger partial charge < -0.3 is 15.2 Å². The van der Waals surface area contributed by atoms with Gasteiger partial charge in [0.15, 0.2) is 5.82 Å². The third-order valence-electron chi connectivity index (χ3n) is 4.12. The summed E-state index contributed by atoms with van der Waals surface area (Å²) >= 11 is 0. The Morgan fingerprint density at radius 3 is 3.14 bits per heavy atom. The fourth-order valence-electron chi connectivity index (χ4n) is 2.95. The topological polar surface area (TPSA) is 71.8 Å². The zero-order chi connectivity index (χ0) is 15.4. The van der Waals surface area contributed by atoms with Crippen molar-refractivity contribution in [2.75, 3.05) is 0 Å². The van der Waals surface area contributed by atoms with Gasteiger partial charge in [0.1, 0.15) is 6.33 Å². The van der Waals surface area contributed by atoms with Gasteiger partial charge in [-0.25, -0.2) is 4.79 Å². The quantitative estimate of drug-likeness (QED) is 0.909. The summed E-state index contributed by atoms with van der Waals surface area (Å²) in [6.45, 7) is 3.20. The lowest BCUT2D eigenvalue weighted by Gasteiger charge is -2.26. The van der Waals surface area contributed by atoms with Crippen LogP contribution in [0.1, 0.15) is 42.8 Å². The molecule has 1 aliphatic rings. The van der Waals surface area contributed by atoms with Crippen LogP contribution in [-0.4, -0.2) is 20.8 Å². The van der Waals surface area contributed by atoms with E-state index in [0.717, 1.165) is 31.6 Å². The van der Waals surface area contributed by atoms with Gasteiger partial charge in [0, 0.05) is 6.54 Å². The molecule has 0 unspecified atom stereocenters. The van der Waals surface area contributed by atoms with Crippen LogP contribution in [0.15, 0.2) is 30.6 Å². The number of fused-ring (bicyclic) bond motifs is 1. The lowest BCUT2D eigenvalue weighted by Crippen LogP contribution is -2.39. The van der Waals surface area contributed by atoms with Crippen molar-refractivity contribution in [2.45, 2.75) is 45.3 Å². The number of hydrogen-bond acceptors (Lipinski definition) is 3. The summed E-state index contributed by atoms with van der Waals surface area (Å²) in [5.74, 6) is 0.765. The second kappa shape index (κ2) is 6.60. The highest BCUT2D eigenvalue weighted by Crippen LogP contribution is 2.29. The summed E-state index contributed by atoms with van der Waals surface area (Å²) in [5, 5.41) is 13.8. The molecule has 0 spiro atoms. The van der Waals surface area contributed by atoms with Crippen LogP contribution < -0.4 is 10.6 Å². The SMILES string of the molecule is CCn1cnnc1CNC(=O)N[C@@H]1CCCc2ccccc21. The van der Waals surface area contributed by atoms with E-state index in [1.807, 2.05) is 17.6 Å². The molecule has 0 radical (unpaired) electrons. The maximum Gasteiger partial charge on any atom is 0.315 e. The molecule has 6 heteroatoms. The van der Waals surface area contributed by atoms with Gasteiger partial charge in [-0.1, -0.05) is 24.3 Å². The van der Waals surface area contributed by atoms with E-state index >= 15 is 0 Å². The fraction of sp³-hybridized carbons (Fsp3) is 0.438. The largest absolute Gasteiger partial charge is 0.331 e. The van der Waals surface area contributed by atoms with Gasteiger partial charge in [0.05, 0.1) is 12.6 Å². The lowest BCUT2D eigenvalue weighted by atomic mass is 9.88. The van der Waals surface area contributed by atoms with Crippen LogP contribution in [0.5, 0.6) is 0 Å². The molecule has 3 rings (SSSR count). The highest BCUT2D eigenvalue weighted by molar-refractivity contribution is 5.74. The van der Waals surface area contributed by atoms with E-state index in [-0.39, 0.29) is 12.1 Å². The number of nitrogens with zero attached hydrogens (tertiary/aromatic N) is 3. The second-order valence-corrected chi connectivity index (χ2v) is 5.50. The summed E-state index contributed by atoms with van der Waals surface area (Å²) in [5.41, 5.74) is 2.57. The number of amides is 2. The third kappa shape index (κ3) is 3.10. The first-order valence-electron chi connectivity index (χ1n) is 7.76. The van der Waals surface area contributed by atoms with Crippen LogP contribution in [0.2, 0.25) is 0 Å². The Bertz CT molecular complexity index is 651. The smallest absolute Gasteiger partial charge is 0.315 e. The highest BCUT2D eigenvalue weighted by atomic mass is 16.2. The van der Waals surface area contributed by atoms with Crippen molar-refractivity contribution in [1.82, 2.24) is 25.4 Å². The Balaban J connectivity index is 1.59. The van der Waals surface area contributed by atoms with Gasteiger partial charge in [-0.3, -0.25) is 0 Å². The van der Waals surface area contributed by atoms with Crippen LogP contribution >= 0.6 is 0 Å². The Labute approximate surface area is 129 Å². The predicted octanol–water partition coefficient (Wildman–Crippen LogP) is 2.17. The summed E-state index contributed by atoms with van der Waals surface area (Å²) < 4.78 is 1.91. The maximum absolute atomic E-state index is 12.1. The molecule has 2 aromatic rings. The molecule has 0 aliphatic heterocycles. The van der Waals surface area contributed by atoms with Gasteiger partial charge in [-0.2, -0.15) is 0 Å². The summed E-state index contributed by atoms with van der Waals surface area (Å²) in [6.07, 6.45) is 4.85. The molecule has 0 fully saturated rings. The van der Waals surface area contributed by atoms with Crippen molar-refractivity contribution < 1.29 is 4.79 Å². The Hall–Kier alpha value is -2.37. The average Bonchev–Trinajstić information content (AvgIpc) is 3.01. The van der Waals surface area contributed by atoms with Gasteiger partial charge in [-0.05, 0) is 37.3 Å². The third-order valence-corrected chi connectivity index (χ3v) is 4.12. The molecule has 116 valence electrons. The number of benzene rings is 1. The molecule has 22 heavy (non-hydrogen) atoms. The monoisotopic (exact) mass is 299 g/mol. The van der Waals surface area contributed by atoms with E-state index in [1.54, 1.807) is 6.33 Å². The average molecular weight is 299 g/mol. The highest BCUT2D eigenvalue weighted by Gasteiger charge is 2.21. The van der Waals surface area contributed by atoms with E-state index < -0.39 is 0 Å². The van der Waals surface area contributed by atoms with Crippen molar-refractivity contribution in [1.29, 1.82) is 0 Å². The zero-order valence-electron chi connectivity index (χ0n) is 12.7. The zero-order valence-corrected chi connectivity index (χ0v) is 12.7. The van der Waals surface area contributed by atoms with Gasteiger partial charge in [0.25, 0.3) is 0 Å². The molecule has 2 N–H and O–H groups in total. The normalized spacial score (nSPS) is 16.9. The number of carbonyl (C=O) groups is 1. The van der Waals surface area contributed by atoms with Crippen LogP contribution in [0.25, 0.3) is 0 Å². The van der Waals surface area contributed by atoms with Gasteiger partial charge in [-0.15, -0.1) is 10.2 Å². The summed E-state index contributed by atoms with van der Waals surface area (Å²) in [6, 6.07) is 8.26. The van der Waals surface area contributed by atoms with E-state index in [1.165, 1.54) is 11.1 Å². The Kier molecular flexibility index (Phi) is 4.37. The minimum Gasteiger partial charge on any atom is -0.331 e.